The molecule has 0 radical (unpaired) electrons. The van der Waals surface area contributed by atoms with Gasteiger partial charge in [0.2, 0.25) is 5.91 Å². The number of aryl methyl sites for hydroxylation is 1. The van der Waals surface area contributed by atoms with Gasteiger partial charge in [0, 0.05) is 42.2 Å². The molecule has 0 unspecified atom stereocenters. The minimum absolute atomic E-state index is 0.189. The molecule has 0 spiro atoms. The van der Waals surface area contributed by atoms with E-state index in [9.17, 15) is 9.59 Å². The Morgan fingerprint density at radius 1 is 1.22 bits per heavy atom. The molecule has 122 valence electrons. The summed E-state index contributed by atoms with van der Waals surface area (Å²) < 4.78 is 5.69. The molecule has 0 bridgehead atoms. The smallest absolute Gasteiger partial charge is 0.290 e. The Balaban J connectivity index is 1.79. The molecule has 1 fully saturated rings. The topological polar surface area (TPSA) is 74.0 Å². The van der Waals surface area contributed by atoms with Gasteiger partial charge in [-0.25, -0.2) is 0 Å². The number of aliphatic hydroxyl groups excluding tert-OH is 1. The summed E-state index contributed by atoms with van der Waals surface area (Å²) in [7, 11) is 0. The lowest BCUT2D eigenvalue weighted by atomic mass is 10.1. The number of fused-ring (bicyclic) bond motifs is 1. The fourth-order valence-corrected chi connectivity index (χ4v) is 2.97. The molecule has 7 heteroatoms. The predicted molar refractivity (Wildman–Crippen MR) is 85.5 cm³/mol. The van der Waals surface area contributed by atoms with Crippen LogP contribution in [0.15, 0.2) is 22.6 Å². The third-order valence-corrected chi connectivity index (χ3v) is 4.38. The number of amides is 2. The second-order valence-electron chi connectivity index (χ2n) is 5.53. The first-order chi connectivity index (χ1) is 11.0. The third kappa shape index (κ3) is 2.92. The lowest BCUT2D eigenvalue weighted by molar-refractivity contribution is -0.135. The normalized spacial score (nSPS) is 15.3. The Morgan fingerprint density at radius 3 is 2.52 bits per heavy atom. The molecule has 0 aliphatic carbocycles. The molecule has 2 heterocycles. The number of carbonyl (C=O) groups is 2. The van der Waals surface area contributed by atoms with Gasteiger partial charge in [-0.1, -0.05) is 11.6 Å². The van der Waals surface area contributed by atoms with Gasteiger partial charge in [-0.2, -0.15) is 0 Å². The first kappa shape index (κ1) is 15.8. The van der Waals surface area contributed by atoms with E-state index in [1.54, 1.807) is 28.0 Å². The van der Waals surface area contributed by atoms with Gasteiger partial charge in [-0.15, -0.1) is 0 Å². The van der Waals surface area contributed by atoms with E-state index in [-0.39, 0.29) is 11.8 Å². The van der Waals surface area contributed by atoms with Crippen molar-refractivity contribution in [1.82, 2.24) is 9.80 Å². The summed E-state index contributed by atoms with van der Waals surface area (Å²) in [5, 5.41) is 10.3. The standard InChI is InChI=1S/C16H17ClN2O4/c1-10-12-8-11(17)2-3-13(12)23-15(10)16(22)19-6-4-18(5-7-19)14(21)9-20/h2-3,8,20H,4-7,9H2,1H3. The Morgan fingerprint density at radius 2 is 1.87 bits per heavy atom. The summed E-state index contributed by atoms with van der Waals surface area (Å²) in [6, 6.07) is 5.25. The highest BCUT2D eigenvalue weighted by Crippen LogP contribution is 2.28. The first-order valence-electron chi connectivity index (χ1n) is 7.38. The number of halogens is 1. The number of aliphatic hydroxyl groups is 1. The van der Waals surface area contributed by atoms with E-state index in [2.05, 4.69) is 0 Å². The van der Waals surface area contributed by atoms with Crippen molar-refractivity contribution in [3.05, 3.63) is 34.5 Å². The molecule has 1 aliphatic heterocycles. The minimum atomic E-state index is -0.503. The predicted octanol–water partition coefficient (Wildman–Crippen LogP) is 1.67. The summed E-state index contributed by atoms with van der Waals surface area (Å²) in [6.45, 7) is 2.99. The Hall–Kier alpha value is -2.05. The van der Waals surface area contributed by atoms with E-state index in [1.165, 1.54) is 0 Å². The zero-order valence-corrected chi connectivity index (χ0v) is 13.5. The van der Waals surface area contributed by atoms with E-state index < -0.39 is 6.61 Å². The molecule has 6 nitrogen and oxygen atoms in total. The van der Waals surface area contributed by atoms with Crippen LogP contribution in [0.5, 0.6) is 0 Å². The van der Waals surface area contributed by atoms with Crippen LogP contribution >= 0.6 is 11.6 Å². The molecule has 23 heavy (non-hydrogen) atoms. The summed E-state index contributed by atoms with van der Waals surface area (Å²) in [4.78, 5) is 27.3. The van der Waals surface area contributed by atoms with Crippen LogP contribution in [0.3, 0.4) is 0 Å². The maximum absolute atomic E-state index is 12.7. The van der Waals surface area contributed by atoms with Crippen molar-refractivity contribution in [1.29, 1.82) is 0 Å². The molecule has 2 aromatic rings. The lowest BCUT2D eigenvalue weighted by Crippen LogP contribution is -2.51. The summed E-state index contributed by atoms with van der Waals surface area (Å²) in [5.74, 6) is -0.193. The van der Waals surface area contributed by atoms with Crippen molar-refractivity contribution < 1.29 is 19.1 Å². The van der Waals surface area contributed by atoms with Gasteiger partial charge in [0.05, 0.1) is 0 Å². The molecule has 1 N–H and O–H groups in total. The Kier molecular flexibility index (Phi) is 4.28. The highest BCUT2D eigenvalue weighted by molar-refractivity contribution is 6.31. The average Bonchev–Trinajstić information content (AvgIpc) is 2.90. The van der Waals surface area contributed by atoms with E-state index in [1.807, 2.05) is 6.92 Å². The lowest BCUT2D eigenvalue weighted by Gasteiger charge is -2.34. The molecule has 1 saturated heterocycles. The molecule has 0 saturated carbocycles. The molecule has 1 aromatic heterocycles. The maximum atomic E-state index is 12.7. The average molecular weight is 337 g/mol. The van der Waals surface area contributed by atoms with E-state index in [0.717, 1.165) is 10.9 Å². The van der Waals surface area contributed by atoms with Crippen LogP contribution in [-0.2, 0) is 4.79 Å². The van der Waals surface area contributed by atoms with Crippen LogP contribution in [0, 0.1) is 6.92 Å². The number of nitrogens with zero attached hydrogens (tertiary/aromatic N) is 2. The molecule has 2 amide bonds. The van der Waals surface area contributed by atoms with Gasteiger partial charge in [-0.3, -0.25) is 9.59 Å². The number of carbonyl (C=O) groups excluding carboxylic acids is 2. The number of hydrogen-bond donors (Lipinski definition) is 1. The maximum Gasteiger partial charge on any atom is 0.290 e. The number of furan rings is 1. The minimum Gasteiger partial charge on any atom is -0.451 e. The van der Waals surface area contributed by atoms with Crippen LogP contribution in [0.25, 0.3) is 11.0 Å². The SMILES string of the molecule is Cc1c(C(=O)N2CCN(C(=O)CO)CC2)oc2ccc(Cl)cc12. The molecule has 3 rings (SSSR count). The number of piperazine rings is 1. The molecular weight excluding hydrogens is 320 g/mol. The molecule has 1 aliphatic rings. The van der Waals surface area contributed by atoms with Gasteiger partial charge in [0.15, 0.2) is 5.76 Å². The van der Waals surface area contributed by atoms with Gasteiger partial charge in [-0.05, 0) is 25.1 Å². The summed E-state index contributed by atoms with van der Waals surface area (Å²) >= 11 is 5.99. The highest BCUT2D eigenvalue weighted by atomic mass is 35.5. The summed E-state index contributed by atoms with van der Waals surface area (Å²) in [6.07, 6.45) is 0. The highest BCUT2D eigenvalue weighted by Gasteiger charge is 2.28. The Bertz CT molecular complexity index is 763. The Labute approximate surface area is 138 Å². The number of benzene rings is 1. The summed E-state index contributed by atoms with van der Waals surface area (Å²) in [5.41, 5.74) is 1.39. The van der Waals surface area contributed by atoms with Crippen molar-refractivity contribution in [3.63, 3.8) is 0 Å². The van der Waals surface area contributed by atoms with Crippen molar-refractivity contribution in [2.45, 2.75) is 6.92 Å². The quantitative estimate of drug-likeness (QED) is 0.905. The van der Waals surface area contributed by atoms with E-state index in [4.69, 9.17) is 21.1 Å². The van der Waals surface area contributed by atoms with Crippen LogP contribution in [0.2, 0.25) is 5.02 Å². The molecule has 0 atom stereocenters. The second-order valence-corrected chi connectivity index (χ2v) is 5.96. The molecular formula is C16H17ClN2O4. The number of rotatable bonds is 2. The molecule has 1 aromatic carbocycles. The van der Waals surface area contributed by atoms with Gasteiger partial charge in [0.1, 0.15) is 12.2 Å². The number of hydrogen-bond acceptors (Lipinski definition) is 4. The van der Waals surface area contributed by atoms with Crippen LogP contribution < -0.4 is 0 Å². The monoisotopic (exact) mass is 336 g/mol. The van der Waals surface area contributed by atoms with Crippen LogP contribution in [0.1, 0.15) is 16.1 Å². The van der Waals surface area contributed by atoms with Gasteiger partial charge in [0.25, 0.3) is 5.91 Å². The van der Waals surface area contributed by atoms with Crippen molar-refractivity contribution in [3.8, 4) is 0 Å². The van der Waals surface area contributed by atoms with Gasteiger partial charge < -0.3 is 19.3 Å². The van der Waals surface area contributed by atoms with Crippen molar-refractivity contribution in [2.24, 2.45) is 0 Å². The fraction of sp³-hybridized carbons (Fsp3) is 0.375. The first-order valence-corrected chi connectivity index (χ1v) is 7.75. The largest absolute Gasteiger partial charge is 0.451 e. The van der Waals surface area contributed by atoms with Crippen LogP contribution in [0.4, 0.5) is 0 Å². The zero-order chi connectivity index (χ0) is 16.6. The van der Waals surface area contributed by atoms with E-state index >= 15 is 0 Å². The fourth-order valence-electron chi connectivity index (χ4n) is 2.80. The van der Waals surface area contributed by atoms with Crippen molar-refractivity contribution >= 4 is 34.4 Å². The van der Waals surface area contributed by atoms with E-state index in [0.29, 0.717) is 42.5 Å². The van der Waals surface area contributed by atoms with Gasteiger partial charge >= 0.3 is 0 Å². The second kappa shape index (κ2) is 6.22. The van der Waals surface area contributed by atoms with Crippen LogP contribution in [-0.4, -0.2) is 59.5 Å². The van der Waals surface area contributed by atoms with Crippen molar-refractivity contribution in [2.75, 3.05) is 32.8 Å². The third-order valence-electron chi connectivity index (χ3n) is 4.15. The zero-order valence-electron chi connectivity index (χ0n) is 12.7.